The van der Waals surface area contributed by atoms with Crippen LogP contribution in [0.3, 0.4) is 0 Å². The molecule has 0 aromatic carbocycles. The highest BCUT2D eigenvalue weighted by atomic mass is 16.3. The summed E-state index contributed by atoms with van der Waals surface area (Å²) in [6, 6.07) is 0. The first-order chi connectivity index (χ1) is 7.17. The first kappa shape index (κ1) is 14.9. The van der Waals surface area contributed by atoms with Crippen LogP contribution in [0.4, 0.5) is 0 Å². The van der Waals surface area contributed by atoms with Crippen molar-refractivity contribution < 1.29 is 24.6 Å². The predicted octanol–water partition coefficient (Wildman–Crippen LogP) is 0.0157. The summed E-state index contributed by atoms with van der Waals surface area (Å²) in [4.78, 5) is 32.8. The van der Waals surface area contributed by atoms with Crippen molar-refractivity contribution in [1.29, 1.82) is 0 Å². The lowest BCUT2D eigenvalue weighted by atomic mass is 9.84. The number of Topliss-reactive ketones (excluding diaryl/α,β-unsaturated/α-hetero) is 3. The molecule has 5 nitrogen and oxygen atoms in total. The van der Waals surface area contributed by atoms with E-state index in [1.807, 2.05) is 0 Å². The van der Waals surface area contributed by atoms with E-state index in [9.17, 15) is 24.6 Å². The normalized spacial score (nSPS) is 13.3. The third-order valence-corrected chi connectivity index (χ3v) is 2.21. The van der Waals surface area contributed by atoms with E-state index < -0.39 is 11.7 Å². The maximum atomic E-state index is 11.0. The second-order valence-corrected chi connectivity index (χ2v) is 4.28. The van der Waals surface area contributed by atoms with Crippen LogP contribution >= 0.6 is 0 Å². The Bertz CT molecular complexity index is 279. The molecule has 5 heteroatoms. The largest absolute Gasteiger partial charge is 0.390 e. The van der Waals surface area contributed by atoms with E-state index >= 15 is 0 Å². The highest BCUT2D eigenvalue weighted by Crippen LogP contribution is 2.23. The summed E-state index contributed by atoms with van der Waals surface area (Å²) in [7, 11) is 0. The van der Waals surface area contributed by atoms with Gasteiger partial charge in [0.15, 0.2) is 0 Å². The molecule has 0 heterocycles. The summed E-state index contributed by atoms with van der Waals surface area (Å²) in [6.07, 6.45) is -2.32. The van der Waals surface area contributed by atoms with Crippen molar-refractivity contribution in [2.75, 3.05) is 0 Å². The molecule has 0 aliphatic rings. The number of hydrogen-bond donors (Lipinski definition) is 2. The summed E-state index contributed by atoms with van der Waals surface area (Å²) in [5, 5.41) is 19.7. The Morgan fingerprint density at radius 3 is 1.62 bits per heavy atom. The minimum atomic E-state index is -1.83. The molecular formula is C11H18O5. The molecule has 16 heavy (non-hydrogen) atoms. The molecule has 2 N–H and O–H groups in total. The Kier molecular flexibility index (Phi) is 5.47. The van der Waals surface area contributed by atoms with Crippen molar-refractivity contribution in [1.82, 2.24) is 0 Å². The van der Waals surface area contributed by atoms with Crippen LogP contribution in [-0.4, -0.2) is 39.3 Å². The first-order valence-corrected chi connectivity index (χ1v) is 5.06. The van der Waals surface area contributed by atoms with E-state index in [0.29, 0.717) is 0 Å². The minimum Gasteiger partial charge on any atom is -0.390 e. The fraction of sp³-hybridized carbons (Fsp3) is 0.727. The zero-order valence-electron chi connectivity index (χ0n) is 9.82. The van der Waals surface area contributed by atoms with Crippen molar-refractivity contribution in [3.05, 3.63) is 0 Å². The van der Waals surface area contributed by atoms with Crippen LogP contribution in [0.2, 0.25) is 0 Å². The summed E-state index contributed by atoms with van der Waals surface area (Å²) < 4.78 is 0. The molecule has 0 amide bonds. The molecule has 0 radical (unpaired) electrons. The number of aliphatic hydroxyl groups is 2. The fourth-order valence-electron chi connectivity index (χ4n) is 1.62. The zero-order valence-corrected chi connectivity index (χ0v) is 9.82. The lowest BCUT2D eigenvalue weighted by Gasteiger charge is -2.30. The molecule has 0 aromatic rings. The van der Waals surface area contributed by atoms with Crippen LogP contribution in [0, 0.1) is 0 Å². The number of aliphatic hydroxyl groups excluding tert-OH is 1. The van der Waals surface area contributed by atoms with Gasteiger partial charge in [-0.1, -0.05) is 0 Å². The molecule has 0 bridgehead atoms. The topological polar surface area (TPSA) is 91.7 Å². The molecule has 0 aliphatic carbocycles. The standard InChI is InChI=1S/C11H18O5/c1-7(12)4-10(15)11(16,5-8(2)13)6-9(3)14/h10,15-16H,4-6H2,1-3H3. The maximum Gasteiger partial charge on any atom is 0.132 e. The van der Waals surface area contributed by atoms with Gasteiger partial charge >= 0.3 is 0 Å². The quantitative estimate of drug-likeness (QED) is 0.643. The van der Waals surface area contributed by atoms with Crippen molar-refractivity contribution in [3.63, 3.8) is 0 Å². The average Bonchev–Trinajstić information content (AvgIpc) is 1.98. The van der Waals surface area contributed by atoms with Gasteiger partial charge in [0.1, 0.15) is 23.0 Å². The van der Waals surface area contributed by atoms with E-state index in [1.54, 1.807) is 0 Å². The molecule has 0 rings (SSSR count). The zero-order chi connectivity index (χ0) is 12.9. The molecule has 0 spiro atoms. The van der Waals surface area contributed by atoms with E-state index in [-0.39, 0.29) is 36.6 Å². The first-order valence-electron chi connectivity index (χ1n) is 5.06. The van der Waals surface area contributed by atoms with E-state index in [1.165, 1.54) is 20.8 Å². The molecule has 1 unspecified atom stereocenters. The van der Waals surface area contributed by atoms with Gasteiger partial charge in [-0.05, 0) is 20.8 Å². The van der Waals surface area contributed by atoms with Crippen LogP contribution in [0.5, 0.6) is 0 Å². The number of rotatable bonds is 7. The van der Waals surface area contributed by atoms with Crippen molar-refractivity contribution in [3.8, 4) is 0 Å². The molecule has 1 atom stereocenters. The SMILES string of the molecule is CC(=O)CC(O)C(O)(CC(C)=O)CC(C)=O. The molecule has 0 saturated carbocycles. The Labute approximate surface area is 94.5 Å². The molecular weight excluding hydrogens is 212 g/mol. The highest BCUT2D eigenvalue weighted by Gasteiger charge is 2.38. The molecule has 0 aliphatic heterocycles. The minimum absolute atomic E-state index is 0.267. The summed E-state index contributed by atoms with van der Waals surface area (Å²) in [5.41, 5.74) is -1.83. The van der Waals surface area contributed by atoms with Gasteiger partial charge in [0.05, 0.1) is 6.10 Å². The Balaban J connectivity index is 4.82. The van der Waals surface area contributed by atoms with Crippen LogP contribution in [0.15, 0.2) is 0 Å². The third-order valence-electron chi connectivity index (χ3n) is 2.21. The second kappa shape index (κ2) is 5.86. The number of carbonyl (C=O) groups excluding carboxylic acids is 3. The van der Waals surface area contributed by atoms with Crippen LogP contribution in [-0.2, 0) is 14.4 Å². The summed E-state index contributed by atoms with van der Waals surface area (Å²) >= 11 is 0. The Morgan fingerprint density at radius 2 is 1.38 bits per heavy atom. The van der Waals surface area contributed by atoms with Crippen molar-refractivity contribution in [2.24, 2.45) is 0 Å². The third kappa shape index (κ3) is 5.14. The van der Waals surface area contributed by atoms with Crippen LogP contribution in [0.1, 0.15) is 40.0 Å². The van der Waals surface area contributed by atoms with Crippen molar-refractivity contribution in [2.45, 2.75) is 51.7 Å². The second-order valence-electron chi connectivity index (χ2n) is 4.28. The van der Waals surface area contributed by atoms with E-state index in [0.717, 1.165) is 0 Å². The smallest absolute Gasteiger partial charge is 0.132 e. The van der Waals surface area contributed by atoms with Gasteiger partial charge < -0.3 is 10.2 Å². The predicted molar refractivity (Wildman–Crippen MR) is 56.9 cm³/mol. The van der Waals surface area contributed by atoms with Crippen LogP contribution in [0.25, 0.3) is 0 Å². The van der Waals surface area contributed by atoms with Gasteiger partial charge in [-0.2, -0.15) is 0 Å². The Morgan fingerprint density at radius 1 is 1.00 bits per heavy atom. The summed E-state index contributed by atoms with van der Waals surface area (Å²) in [5.74, 6) is -0.990. The maximum absolute atomic E-state index is 11.0. The number of ketones is 3. The molecule has 0 saturated heterocycles. The molecule has 92 valence electrons. The number of hydrogen-bond acceptors (Lipinski definition) is 5. The van der Waals surface area contributed by atoms with E-state index in [4.69, 9.17) is 0 Å². The lowest BCUT2D eigenvalue weighted by molar-refractivity contribution is -0.143. The summed E-state index contributed by atoms with van der Waals surface area (Å²) in [6.45, 7) is 3.78. The van der Waals surface area contributed by atoms with Gasteiger partial charge in [0.2, 0.25) is 0 Å². The number of carbonyl (C=O) groups is 3. The van der Waals surface area contributed by atoms with E-state index in [2.05, 4.69) is 0 Å². The lowest BCUT2D eigenvalue weighted by Crippen LogP contribution is -2.46. The fourth-order valence-corrected chi connectivity index (χ4v) is 1.62. The van der Waals surface area contributed by atoms with Gasteiger partial charge in [-0.3, -0.25) is 14.4 Å². The highest BCUT2D eigenvalue weighted by molar-refractivity contribution is 5.81. The molecule has 0 fully saturated rings. The van der Waals surface area contributed by atoms with Gasteiger partial charge in [0.25, 0.3) is 0 Å². The monoisotopic (exact) mass is 230 g/mol. The molecule has 0 aromatic heterocycles. The van der Waals surface area contributed by atoms with Crippen LogP contribution < -0.4 is 0 Å². The average molecular weight is 230 g/mol. The van der Waals surface area contributed by atoms with Crippen molar-refractivity contribution >= 4 is 17.3 Å². The van der Waals surface area contributed by atoms with Gasteiger partial charge in [0, 0.05) is 19.3 Å². The van der Waals surface area contributed by atoms with Gasteiger partial charge in [-0.15, -0.1) is 0 Å². The van der Waals surface area contributed by atoms with Gasteiger partial charge in [-0.25, -0.2) is 0 Å². The Hall–Kier alpha value is -1.07.